The molecule has 2 aromatic rings. The highest BCUT2D eigenvalue weighted by Crippen LogP contribution is 2.22. The van der Waals surface area contributed by atoms with Crippen LogP contribution in [0.5, 0.6) is 0 Å². The summed E-state index contributed by atoms with van der Waals surface area (Å²) >= 11 is 7.12. The number of hydrogen-bond acceptors (Lipinski definition) is 3. The predicted octanol–water partition coefficient (Wildman–Crippen LogP) is 1.95. The zero-order valence-electron chi connectivity index (χ0n) is 6.07. The Bertz CT molecular complexity index is 412. The molecule has 0 fully saturated rings. The first-order valence-corrected chi connectivity index (χ1v) is 4.55. The van der Waals surface area contributed by atoms with Crippen molar-refractivity contribution >= 4 is 29.1 Å². The smallest absolute Gasteiger partial charge is 0.0992 e. The molecule has 0 radical (unpaired) electrons. The van der Waals surface area contributed by atoms with Gasteiger partial charge in [0.25, 0.3) is 0 Å². The van der Waals surface area contributed by atoms with Crippen LogP contribution in [0.2, 0.25) is 5.02 Å². The van der Waals surface area contributed by atoms with Gasteiger partial charge in [0.2, 0.25) is 0 Å². The van der Waals surface area contributed by atoms with Crippen molar-refractivity contribution in [3.63, 3.8) is 0 Å². The lowest BCUT2D eigenvalue weighted by Crippen LogP contribution is -1.86. The summed E-state index contributed by atoms with van der Waals surface area (Å²) in [6, 6.07) is 1.82. The summed E-state index contributed by atoms with van der Waals surface area (Å²) < 4.78 is 1.84. The highest BCUT2D eigenvalue weighted by atomic mass is 35.5. The van der Waals surface area contributed by atoms with E-state index >= 15 is 0 Å². The van der Waals surface area contributed by atoms with Crippen LogP contribution in [0.15, 0.2) is 29.7 Å². The van der Waals surface area contributed by atoms with Crippen LogP contribution in [0.25, 0.3) is 5.52 Å². The van der Waals surface area contributed by atoms with Gasteiger partial charge in [-0.3, -0.25) is 5.14 Å². The fourth-order valence-corrected chi connectivity index (χ4v) is 1.72. The molecule has 0 saturated heterocycles. The average molecular weight is 200 g/mol. The van der Waals surface area contributed by atoms with Gasteiger partial charge < -0.3 is 4.40 Å². The molecule has 2 N–H and O–H groups in total. The monoisotopic (exact) mass is 199 g/mol. The number of pyridine rings is 1. The fraction of sp³-hybridized carbons (Fsp3) is 0. The molecule has 2 heterocycles. The van der Waals surface area contributed by atoms with Crippen molar-refractivity contribution in [3.8, 4) is 0 Å². The largest absolute Gasteiger partial charge is 0.304 e. The lowest BCUT2D eigenvalue weighted by molar-refractivity contribution is 1.11. The van der Waals surface area contributed by atoms with Gasteiger partial charge in [-0.1, -0.05) is 11.6 Å². The van der Waals surface area contributed by atoms with E-state index in [9.17, 15) is 0 Å². The fourth-order valence-electron chi connectivity index (χ4n) is 1.03. The van der Waals surface area contributed by atoms with Crippen molar-refractivity contribution in [2.24, 2.45) is 5.14 Å². The zero-order chi connectivity index (χ0) is 8.55. The topological polar surface area (TPSA) is 43.3 Å². The number of imidazole rings is 1. The zero-order valence-corrected chi connectivity index (χ0v) is 7.64. The molecule has 0 aliphatic heterocycles. The molecule has 62 valence electrons. The van der Waals surface area contributed by atoms with Crippen molar-refractivity contribution in [1.29, 1.82) is 0 Å². The number of fused-ring (bicyclic) bond motifs is 1. The van der Waals surface area contributed by atoms with Crippen molar-refractivity contribution in [2.45, 2.75) is 4.90 Å². The third kappa shape index (κ3) is 1.18. The van der Waals surface area contributed by atoms with Crippen molar-refractivity contribution < 1.29 is 0 Å². The molecule has 0 spiro atoms. The van der Waals surface area contributed by atoms with Crippen molar-refractivity contribution in [2.75, 3.05) is 0 Å². The highest BCUT2D eigenvalue weighted by Gasteiger charge is 2.01. The summed E-state index contributed by atoms with van der Waals surface area (Å²) in [5.41, 5.74) is 0.898. The summed E-state index contributed by atoms with van der Waals surface area (Å²) in [4.78, 5) is 4.89. The van der Waals surface area contributed by atoms with Crippen LogP contribution < -0.4 is 5.14 Å². The van der Waals surface area contributed by atoms with Crippen LogP contribution in [0.1, 0.15) is 0 Å². The van der Waals surface area contributed by atoms with E-state index in [1.54, 1.807) is 12.5 Å². The molecular formula is C7H6ClN3S. The van der Waals surface area contributed by atoms with Gasteiger partial charge in [0.05, 0.1) is 23.1 Å². The van der Waals surface area contributed by atoms with Crippen molar-refractivity contribution in [3.05, 3.63) is 29.8 Å². The van der Waals surface area contributed by atoms with Gasteiger partial charge in [0.1, 0.15) is 0 Å². The van der Waals surface area contributed by atoms with Crippen LogP contribution in [-0.2, 0) is 0 Å². The van der Waals surface area contributed by atoms with Crippen molar-refractivity contribution in [1.82, 2.24) is 9.38 Å². The molecule has 0 amide bonds. The maximum absolute atomic E-state index is 5.95. The standard InChI is InChI=1S/C7H6ClN3S/c8-6-1-5(12-9)3-11-4-10-2-7(6)11/h1-4H,9H2. The molecule has 2 aromatic heterocycles. The molecule has 0 unspecified atom stereocenters. The van der Waals surface area contributed by atoms with E-state index in [1.807, 2.05) is 16.7 Å². The summed E-state index contributed by atoms with van der Waals surface area (Å²) in [5.74, 6) is 0. The second kappa shape index (κ2) is 2.97. The Morgan fingerprint density at radius 3 is 3.17 bits per heavy atom. The van der Waals surface area contributed by atoms with E-state index in [0.29, 0.717) is 5.02 Å². The highest BCUT2D eigenvalue weighted by molar-refractivity contribution is 7.97. The molecule has 5 heteroatoms. The summed E-state index contributed by atoms with van der Waals surface area (Å²) in [6.45, 7) is 0. The van der Waals surface area contributed by atoms with E-state index < -0.39 is 0 Å². The third-order valence-corrected chi connectivity index (χ3v) is 2.38. The molecule has 2 rings (SSSR count). The van der Waals surface area contributed by atoms with E-state index in [4.69, 9.17) is 16.7 Å². The minimum absolute atomic E-state index is 0.669. The predicted molar refractivity (Wildman–Crippen MR) is 50.2 cm³/mol. The van der Waals surface area contributed by atoms with Gasteiger partial charge >= 0.3 is 0 Å². The molecule has 0 aliphatic carbocycles. The number of halogens is 1. The number of nitrogens with zero attached hydrogens (tertiary/aromatic N) is 2. The summed E-state index contributed by atoms with van der Waals surface area (Å²) in [7, 11) is 0. The maximum atomic E-state index is 5.95. The number of hydrogen-bond donors (Lipinski definition) is 1. The molecule has 0 saturated carbocycles. The quantitative estimate of drug-likeness (QED) is 0.714. The summed E-state index contributed by atoms with van der Waals surface area (Å²) in [5, 5.41) is 6.07. The van der Waals surface area contributed by atoms with Crippen LogP contribution in [-0.4, -0.2) is 9.38 Å². The van der Waals surface area contributed by atoms with Gasteiger partial charge in [-0.15, -0.1) is 0 Å². The first kappa shape index (κ1) is 7.91. The second-order valence-electron chi connectivity index (χ2n) is 2.33. The van der Waals surface area contributed by atoms with Crippen LogP contribution in [0, 0.1) is 0 Å². The Morgan fingerprint density at radius 1 is 1.58 bits per heavy atom. The Balaban J connectivity index is 2.75. The van der Waals surface area contributed by atoms with Gasteiger partial charge in [-0.25, -0.2) is 4.98 Å². The minimum atomic E-state index is 0.669. The van der Waals surface area contributed by atoms with Gasteiger partial charge in [-0.2, -0.15) is 0 Å². The first-order chi connectivity index (χ1) is 5.81. The molecule has 12 heavy (non-hydrogen) atoms. The normalized spacial score (nSPS) is 10.8. The van der Waals surface area contributed by atoms with E-state index in [0.717, 1.165) is 10.4 Å². The first-order valence-electron chi connectivity index (χ1n) is 3.29. The minimum Gasteiger partial charge on any atom is -0.304 e. The molecule has 0 aliphatic rings. The second-order valence-corrected chi connectivity index (χ2v) is 3.44. The van der Waals surface area contributed by atoms with E-state index in [2.05, 4.69) is 4.98 Å². The Kier molecular flexibility index (Phi) is 1.96. The van der Waals surface area contributed by atoms with Crippen LogP contribution in [0.4, 0.5) is 0 Å². The molecular weight excluding hydrogens is 194 g/mol. The SMILES string of the molecule is NSc1cc(Cl)c2cncn2c1. The number of nitrogens with two attached hydrogens (primary N) is 1. The number of aromatic nitrogens is 2. The van der Waals surface area contributed by atoms with Crippen LogP contribution in [0.3, 0.4) is 0 Å². The Labute approximate surface area is 78.7 Å². The molecule has 3 nitrogen and oxygen atoms in total. The lowest BCUT2D eigenvalue weighted by Gasteiger charge is -1.99. The molecule has 0 atom stereocenters. The van der Waals surface area contributed by atoms with E-state index in [-0.39, 0.29) is 0 Å². The Hall–Kier alpha value is -0.710. The van der Waals surface area contributed by atoms with Crippen LogP contribution >= 0.6 is 23.5 Å². The molecule has 0 bridgehead atoms. The lowest BCUT2D eigenvalue weighted by atomic mass is 10.4. The van der Waals surface area contributed by atoms with Gasteiger partial charge in [-0.05, 0) is 18.0 Å². The van der Waals surface area contributed by atoms with E-state index in [1.165, 1.54) is 11.9 Å². The van der Waals surface area contributed by atoms with Gasteiger partial charge in [0, 0.05) is 11.1 Å². The Morgan fingerprint density at radius 2 is 2.42 bits per heavy atom. The van der Waals surface area contributed by atoms with Gasteiger partial charge in [0.15, 0.2) is 0 Å². The summed E-state index contributed by atoms with van der Waals surface area (Å²) in [6.07, 6.45) is 5.30. The average Bonchev–Trinajstić information content (AvgIpc) is 2.52. The maximum Gasteiger partial charge on any atom is 0.0992 e. The number of rotatable bonds is 1. The molecule has 0 aromatic carbocycles. The third-order valence-electron chi connectivity index (χ3n) is 1.58.